The minimum atomic E-state index is -0.220. The van der Waals surface area contributed by atoms with Crippen LogP contribution in [0.15, 0.2) is 48.5 Å². The molecule has 23 heavy (non-hydrogen) atoms. The number of benzene rings is 2. The van der Waals surface area contributed by atoms with E-state index in [0.29, 0.717) is 16.4 Å². The molecular formula is C18H16ClN3O. The lowest BCUT2D eigenvalue weighted by Gasteiger charge is -2.06. The Morgan fingerprint density at radius 3 is 2.35 bits per heavy atom. The number of amides is 1. The second-order valence-corrected chi connectivity index (χ2v) is 5.94. The van der Waals surface area contributed by atoms with Crippen molar-refractivity contribution in [3.8, 4) is 11.3 Å². The predicted octanol–water partition coefficient (Wildman–Crippen LogP) is 4.60. The summed E-state index contributed by atoms with van der Waals surface area (Å²) in [5.41, 5.74) is 4.99. The van der Waals surface area contributed by atoms with Gasteiger partial charge in [0.25, 0.3) is 5.91 Å². The number of aryl methyl sites for hydroxylation is 2. The van der Waals surface area contributed by atoms with Gasteiger partial charge >= 0.3 is 0 Å². The van der Waals surface area contributed by atoms with Crippen LogP contribution in [0.1, 0.15) is 21.6 Å². The van der Waals surface area contributed by atoms with Crippen molar-refractivity contribution in [2.75, 3.05) is 5.32 Å². The number of aromatic nitrogens is 2. The van der Waals surface area contributed by atoms with E-state index in [2.05, 4.69) is 21.6 Å². The van der Waals surface area contributed by atoms with Gasteiger partial charge in [0, 0.05) is 16.3 Å². The van der Waals surface area contributed by atoms with Gasteiger partial charge in [0.15, 0.2) is 0 Å². The van der Waals surface area contributed by atoms with Crippen LogP contribution in [0.5, 0.6) is 0 Å². The molecule has 1 aromatic heterocycles. The molecule has 0 unspecified atom stereocenters. The first-order valence-corrected chi connectivity index (χ1v) is 7.60. The van der Waals surface area contributed by atoms with Crippen LogP contribution in [0.25, 0.3) is 11.3 Å². The third kappa shape index (κ3) is 3.60. The largest absolute Gasteiger partial charge is 0.321 e. The lowest BCUT2D eigenvalue weighted by molar-refractivity contribution is 0.102. The van der Waals surface area contributed by atoms with Gasteiger partial charge in [-0.3, -0.25) is 9.89 Å². The molecule has 2 aromatic carbocycles. The minimum Gasteiger partial charge on any atom is -0.321 e. The number of rotatable bonds is 3. The number of carbonyl (C=O) groups is 1. The monoisotopic (exact) mass is 325 g/mol. The molecule has 0 atom stereocenters. The number of nitrogens with one attached hydrogen (secondary N) is 2. The number of aromatic amines is 1. The summed E-state index contributed by atoms with van der Waals surface area (Å²) in [6.07, 6.45) is 0. The highest BCUT2D eigenvalue weighted by molar-refractivity contribution is 6.30. The van der Waals surface area contributed by atoms with Gasteiger partial charge < -0.3 is 5.32 Å². The number of carbonyl (C=O) groups excluding carboxylic acids is 1. The maximum Gasteiger partial charge on any atom is 0.273 e. The van der Waals surface area contributed by atoms with Gasteiger partial charge in [0.05, 0.1) is 5.69 Å². The highest BCUT2D eigenvalue weighted by atomic mass is 35.5. The van der Waals surface area contributed by atoms with Crippen molar-refractivity contribution in [3.63, 3.8) is 0 Å². The van der Waals surface area contributed by atoms with Crippen LogP contribution < -0.4 is 5.32 Å². The summed E-state index contributed by atoms with van der Waals surface area (Å²) in [6.45, 7) is 4.00. The van der Waals surface area contributed by atoms with Crippen molar-refractivity contribution in [1.82, 2.24) is 10.2 Å². The number of anilines is 1. The lowest BCUT2D eigenvalue weighted by atomic mass is 10.1. The Bertz CT molecular complexity index is 833. The standard InChI is InChI=1S/C18H16ClN3O/c1-11-7-12(2)9-15(8-11)20-18(23)17-10-16(21-22-17)13-3-5-14(19)6-4-13/h3-10H,1-2H3,(H,20,23)(H,21,22). The van der Waals surface area contributed by atoms with Gasteiger partial charge in [0.2, 0.25) is 0 Å². The fourth-order valence-corrected chi connectivity index (χ4v) is 2.58. The molecule has 3 rings (SSSR count). The van der Waals surface area contributed by atoms with Crippen LogP contribution in [0.3, 0.4) is 0 Å². The van der Waals surface area contributed by atoms with Crippen molar-refractivity contribution in [2.45, 2.75) is 13.8 Å². The Hall–Kier alpha value is -2.59. The summed E-state index contributed by atoms with van der Waals surface area (Å²) in [7, 11) is 0. The summed E-state index contributed by atoms with van der Waals surface area (Å²) in [5.74, 6) is -0.220. The summed E-state index contributed by atoms with van der Waals surface area (Å²) in [6, 6.07) is 15.0. The normalized spacial score (nSPS) is 10.6. The minimum absolute atomic E-state index is 0.220. The molecule has 1 amide bonds. The first-order valence-electron chi connectivity index (χ1n) is 7.22. The first-order chi connectivity index (χ1) is 11.0. The summed E-state index contributed by atoms with van der Waals surface area (Å²) < 4.78 is 0. The Labute approximate surface area is 139 Å². The highest BCUT2D eigenvalue weighted by Gasteiger charge is 2.11. The maximum absolute atomic E-state index is 12.3. The van der Waals surface area contributed by atoms with Gasteiger partial charge in [-0.1, -0.05) is 29.8 Å². The molecule has 0 aliphatic rings. The van der Waals surface area contributed by atoms with Gasteiger partial charge in [-0.15, -0.1) is 0 Å². The van der Waals surface area contributed by atoms with E-state index in [-0.39, 0.29) is 5.91 Å². The molecule has 5 heteroatoms. The lowest BCUT2D eigenvalue weighted by Crippen LogP contribution is -2.12. The molecule has 2 N–H and O–H groups in total. The molecule has 0 saturated carbocycles. The van der Waals surface area contributed by atoms with E-state index >= 15 is 0 Å². The van der Waals surface area contributed by atoms with E-state index in [1.165, 1.54) is 0 Å². The van der Waals surface area contributed by atoms with Gasteiger partial charge in [-0.25, -0.2) is 0 Å². The molecule has 4 nitrogen and oxygen atoms in total. The summed E-state index contributed by atoms with van der Waals surface area (Å²) in [5, 5.41) is 10.5. The van der Waals surface area contributed by atoms with Crippen LogP contribution in [0.2, 0.25) is 5.02 Å². The number of hydrogen-bond donors (Lipinski definition) is 2. The smallest absolute Gasteiger partial charge is 0.273 e. The van der Waals surface area contributed by atoms with Crippen molar-refractivity contribution < 1.29 is 4.79 Å². The number of H-pyrrole nitrogens is 1. The van der Waals surface area contributed by atoms with E-state index in [9.17, 15) is 4.79 Å². The predicted molar refractivity (Wildman–Crippen MR) is 92.9 cm³/mol. The molecule has 0 bridgehead atoms. The molecule has 0 spiro atoms. The van der Waals surface area contributed by atoms with E-state index in [1.807, 2.05) is 38.1 Å². The molecule has 0 saturated heterocycles. The van der Waals surface area contributed by atoms with Crippen molar-refractivity contribution in [1.29, 1.82) is 0 Å². The molecule has 0 radical (unpaired) electrons. The van der Waals surface area contributed by atoms with Gasteiger partial charge in [-0.05, 0) is 55.3 Å². The molecular weight excluding hydrogens is 310 g/mol. The Balaban J connectivity index is 1.79. The quantitative estimate of drug-likeness (QED) is 0.739. The highest BCUT2D eigenvalue weighted by Crippen LogP contribution is 2.21. The number of nitrogens with zero attached hydrogens (tertiary/aromatic N) is 1. The van der Waals surface area contributed by atoms with E-state index in [1.54, 1.807) is 18.2 Å². The second-order valence-electron chi connectivity index (χ2n) is 5.50. The average Bonchev–Trinajstić information content (AvgIpc) is 2.97. The molecule has 116 valence electrons. The van der Waals surface area contributed by atoms with E-state index in [4.69, 9.17) is 11.6 Å². The number of halogens is 1. The van der Waals surface area contributed by atoms with Crippen LogP contribution in [-0.2, 0) is 0 Å². The zero-order chi connectivity index (χ0) is 16.4. The molecule has 3 aromatic rings. The van der Waals surface area contributed by atoms with Crippen LogP contribution in [0, 0.1) is 13.8 Å². The van der Waals surface area contributed by atoms with Crippen LogP contribution >= 0.6 is 11.6 Å². The summed E-state index contributed by atoms with van der Waals surface area (Å²) >= 11 is 5.88. The maximum atomic E-state index is 12.3. The fraction of sp³-hybridized carbons (Fsp3) is 0.111. The van der Waals surface area contributed by atoms with Crippen molar-refractivity contribution in [3.05, 3.63) is 70.4 Å². The van der Waals surface area contributed by atoms with Gasteiger partial charge in [-0.2, -0.15) is 5.10 Å². The van der Waals surface area contributed by atoms with Crippen molar-refractivity contribution >= 4 is 23.2 Å². The van der Waals surface area contributed by atoms with E-state index < -0.39 is 0 Å². The zero-order valence-electron chi connectivity index (χ0n) is 12.9. The summed E-state index contributed by atoms with van der Waals surface area (Å²) in [4.78, 5) is 12.3. The van der Waals surface area contributed by atoms with E-state index in [0.717, 1.165) is 22.4 Å². The third-order valence-electron chi connectivity index (χ3n) is 3.44. The Morgan fingerprint density at radius 2 is 1.70 bits per heavy atom. The molecule has 0 fully saturated rings. The SMILES string of the molecule is Cc1cc(C)cc(NC(=O)c2cc(-c3ccc(Cl)cc3)n[nH]2)c1. The van der Waals surface area contributed by atoms with Crippen LogP contribution in [0.4, 0.5) is 5.69 Å². The molecule has 0 aliphatic heterocycles. The Kier molecular flexibility index (Phi) is 4.17. The number of hydrogen-bond acceptors (Lipinski definition) is 2. The topological polar surface area (TPSA) is 57.8 Å². The second kappa shape index (κ2) is 6.26. The molecule has 0 aliphatic carbocycles. The van der Waals surface area contributed by atoms with Crippen LogP contribution in [-0.4, -0.2) is 16.1 Å². The van der Waals surface area contributed by atoms with Crippen molar-refractivity contribution in [2.24, 2.45) is 0 Å². The van der Waals surface area contributed by atoms with Gasteiger partial charge in [0.1, 0.15) is 5.69 Å². The first kappa shape index (κ1) is 15.3. The third-order valence-corrected chi connectivity index (χ3v) is 3.69. The fourth-order valence-electron chi connectivity index (χ4n) is 2.45. The zero-order valence-corrected chi connectivity index (χ0v) is 13.6. The molecule has 1 heterocycles. The average molecular weight is 326 g/mol. The Morgan fingerprint density at radius 1 is 1.04 bits per heavy atom.